The maximum absolute atomic E-state index is 15.1. The first-order valence-corrected chi connectivity index (χ1v) is 19.6. The van der Waals surface area contributed by atoms with Gasteiger partial charge in [-0.25, -0.2) is 9.67 Å². The van der Waals surface area contributed by atoms with Gasteiger partial charge in [0, 0.05) is 35.9 Å². The molecule has 1 unspecified atom stereocenters. The number of rotatable bonds is 9. The summed E-state index contributed by atoms with van der Waals surface area (Å²) in [4.78, 5) is 48.1. The number of carbonyl (C=O) groups excluding carboxylic acids is 2. The molecular formula is C41H65N5O6. The lowest BCUT2D eigenvalue weighted by Crippen LogP contribution is -2.70. The number of amides is 1. The molecular weight excluding hydrogens is 658 g/mol. The molecule has 0 aromatic carbocycles. The van der Waals surface area contributed by atoms with E-state index in [-0.39, 0.29) is 47.1 Å². The average Bonchev–Trinajstić information content (AvgIpc) is 3.54. The molecule has 1 amide bonds. The molecule has 6 rings (SSSR count). The van der Waals surface area contributed by atoms with Crippen molar-refractivity contribution < 1.29 is 29.0 Å². The minimum absolute atomic E-state index is 0.00294. The second kappa shape index (κ2) is 12.7. The fraction of sp³-hybridized carbons (Fsp3) is 0.829. The molecule has 4 aliphatic carbocycles. The Kier molecular flexibility index (Phi) is 9.56. The Hall–Kier alpha value is -2.63. The minimum atomic E-state index is -1.08. The summed E-state index contributed by atoms with van der Waals surface area (Å²) in [5, 5.41) is 15.8. The molecule has 1 aromatic heterocycles. The van der Waals surface area contributed by atoms with E-state index in [1.807, 2.05) is 19.9 Å². The van der Waals surface area contributed by atoms with E-state index in [2.05, 4.69) is 60.4 Å². The standard InChI is InChI=1S/C41H65N5O6/c1-23(2)25(5)36(6)15-16-38(8)26-13-14-29-37(7)19-51-21-41(29,27(26)17-30(47)40(38,10)31(36)35(49)50)18-28(32(37)52-20-39(9,42)24(3)4)46-33(43-22-44-46)34(48)45(11)12/h17,22-26,28-29,31-32H,13-16,18-21,42H2,1-12H3,(H,49,50)/t25-,26+,28-,29+,31-,32+,36-,37+,38-,39+,40+,41?/m1/s1. The zero-order chi connectivity index (χ0) is 38.6. The van der Waals surface area contributed by atoms with Crippen LogP contribution >= 0.6 is 0 Å². The Labute approximate surface area is 310 Å². The highest BCUT2D eigenvalue weighted by atomic mass is 16.5. The van der Waals surface area contributed by atoms with Gasteiger partial charge in [-0.1, -0.05) is 67.9 Å². The molecule has 290 valence electrons. The number of hydrogen-bond acceptors (Lipinski definition) is 8. The van der Waals surface area contributed by atoms with Crippen LogP contribution in [0.2, 0.25) is 0 Å². The van der Waals surface area contributed by atoms with Crippen molar-refractivity contribution in [1.29, 1.82) is 0 Å². The van der Waals surface area contributed by atoms with Crippen molar-refractivity contribution >= 4 is 17.7 Å². The van der Waals surface area contributed by atoms with Crippen molar-refractivity contribution in [2.45, 2.75) is 119 Å². The number of hydrogen-bond donors (Lipinski definition) is 2. The Morgan fingerprint density at radius 3 is 2.38 bits per heavy atom. The van der Waals surface area contributed by atoms with Gasteiger partial charge in [0.05, 0.1) is 37.9 Å². The molecule has 2 heterocycles. The number of fused-ring (bicyclic) bond motifs is 3. The lowest BCUT2D eigenvalue weighted by molar-refractivity contribution is -0.251. The summed E-state index contributed by atoms with van der Waals surface area (Å²) in [6.07, 6.45) is 6.75. The van der Waals surface area contributed by atoms with Crippen molar-refractivity contribution in [3.8, 4) is 0 Å². The van der Waals surface area contributed by atoms with Crippen LogP contribution < -0.4 is 5.73 Å². The Morgan fingerprint density at radius 2 is 1.79 bits per heavy atom. The summed E-state index contributed by atoms with van der Waals surface area (Å²) < 4.78 is 15.4. The average molecular weight is 724 g/mol. The molecule has 5 aliphatic rings. The molecule has 52 heavy (non-hydrogen) atoms. The second-order valence-corrected chi connectivity index (χ2v) is 19.6. The molecule has 0 radical (unpaired) electrons. The van der Waals surface area contributed by atoms with E-state index in [9.17, 15) is 14.7 Å². The van der Waals surface area contributed by atoms with Crippen LogP contribution in [0.1, 0.15) is 118 Å². The molecule has 2 bridgehead atoms. The van der Waals surface area contributed by atoms with E-state index in [0.717, 1.165) is 31.3 Å². The summed E-state index contributed by atoms with van der Waals surface area (Å²) in [5.74, 6) is -1.06. The number of aromatic nitrogens is 3. The molecule has 1 aliphatic heterocycles. The third kappa shape index (κ3) is 5.24. The van der Waals surface area contributed by atoms with Crippen molar-refractivity contribution in [2.75, 3.05) is 33.9 Å². The van der Waals surface area contributed by atoms with E-state index in [0.29, 0.717) is 26.2 Å². The molecule has 12 atom stereocenters. The van der Waals surface area contributed by atoms with Crippen LogP contribution in [0, 0.1) is 62.6 Å². The molecule has 4 fully saturated rings. The zero-order valence-electron chi connectivity index (χ0n) is 33.8. The molecule has 1 aromatic rings. The van der Waals surface area contributed by atoms with E-state index in [4.69, 9.17) is 20.3 Å². The van der Waals surface area contributed by atoms with Gasteiger partial charge in [0.2, 0.25) is 5.82 Å². The number of ether oxygens (including phenoxy) is 2. The van der Waals surface area contributed by atoms with Crippen LogP contribution in [-0.4, -0.2) is 88.0 Å². The first-order chi connectivity index (χ1) is 24.0. The minimum Gasteiger partial charge on any atom is -0.481 e. The highest BCUT2D eigenvalue weighted by molar-refractivity contribution is 6.00. The maximum Gasteiger partial charge on any atom is 0.308 e. The van der Waals surface area contributed by atoms with Gasteiger partial charge in [-0.05, 0) is 85.5 Å². The Bertz CT molecular complexity index is 1630. The van der Waals surface area contributed by atoms with Gasteiger partial charge in [-0.2, -0.15) is 5.10 Å². The number of carboxylic acids is 1. The van der Waals surface area contributed by atoms with E-state index in [1.54, 1.807) is 18.8 Å². The number of carboxylic acid groups (broad SMARTS) is 1. The number of nitrogens with two attached hydrogens (primary N) is 1. The van der Waals surface area contributed by atoms with Gasteiger partial charge in [0.25, 0.3) is 5.91 Å². The monoisotopic (exact) mass is 723 g/mol. The van der Waals surface area contributed by atoms with Gasteiger partial charge < -0.3 is 25.2 Å². The predicted octanol–water partition coefficient (Wildman–Crippen LogP) is 6.05. The van der Waals surface area contributed by atoms with Gasteiger partial charge >= 0.3 is 5.97 Å². The van der Waals surface area contributed by atoms with Crippen LogP contribution in [0.25, 0.3) is 0 Å². The van der Waals surface area contributed by atoms with Crippen molar-refractivity contribution in [1.82, 2.24) is 19.7 Å². The van der Waals surface area contributed by atoms with Crippen LogP contribution in [0.5, 0.6) is 0 Å². The lowest BCUT2D eigenvalue weighted by Gasteiger charge is -2.70. The summed E-state index contributed by atoms with van der Waals surface area (Å²) in [5.41, 5.74) is 4.08. The van der Waals surface area contributed by atoms with Crippen molar-refractivity contribution in [2.24, 2.45) is 68.3 Å². The molecule has 3 saturated carbocycles. The summed E-state index contributed by atoms with van der Waals surface area (Å²) in [7, 11) is 3.42. The number of nitrogens with zero attached hydrogens (tertiary/aromatic N) is 4. The van der Waals surface area contributed by atoms with Crippen LogP contribution in [0.3, 0.4) is 0 Å². The molecule has 11 heteroatoms. The lowest BCUT2D eigenvalue weighted by atomic mass is 9.34. The topological polar surface area (TPSA) is 150 Å². The van der Waals surface area contributed by atoms with Crippen LogP contribution in [-0.2, 0) is 19.1 Å². The molecule has 1 saturated heterocycles. The number of aliphatic carboxylic acids is 1. The van der Waals surface area contributed by atoms with E-state index >= 15 is 4.79 Å². The van der Waals surface area contributed by atoms with E-state index in [1.165, 1.54) is 11.2 Å². The van der Waals surface area contributed by atoms with Crippen LogP contribution in [0.15, 0.2) is 18.0 Å². The third-order valence-corrected chi connectivity index (χ3v) is 16.3. The summed E-state index contributed by atoms with van der Waals surface area (Å²) in [6, 6.07) is -0.390. The quantitative estimate of drug-likeness (QED) is 0.311. The van der Waals surface area contributed by atoms with Gasteiger partial charge in [0.1, 0.15) is 6.33 Å². The SMILES string of the molecule is CC(C)[C@@H](C)[C@@]1(C)CC[C@]2(C)[C@H]3CC[C@@H]4C5(COC[C@]4(C)[C@@H](OC[C@](C)(N)C(C)C)[C@H](n4ncnc4C(=O)N(C)C)C5)C3=CC(=O)[C@@]2(C)[C@@H]1C(=O)O. The third-order valence-electron chi connectivity index (χ3n) is 16.3. The molecule has 3 N–H and O–H groups in total. The molecule has 11 nitrogen and oxygen atoms in total. The van der Waals surface area contributed by atoms with Crippen molar-refractivity contribution in [3.05, 3.63) is 23.8 Å². The summed E-state index contributed by atoms with van der Waals surface area (Å²) >= 11 is 0. The highest BCUT2D eigenvalue weighted by Crippen LogP contribution is 2.75. The van der Waals surface area contributed by atoms with Crippen molar-refractivity contribution in [3.63, 3.8) is 0 Å². The Morgan fingerprint density at radius 1 is 1.12 bits per heavy atom. The van der Waals surface area contributed by atoms with Gasteiger partial charge in [0.15, 0.2) is 5.78 Å². The largest absolute Gasteiger partial charge is 0.481 e. The first-order valence-electron chi connectivity index (χ1n) is 19.6. The Balaban J connectivity index is 1.51. The van der Waals surface area contributed by atoms with E-state index < -0.39 is 56.6 Å². The predicted molar refractivity (Wildman–Crippen MR) is 198 cm³/mol. The molecule has 0 spiro atoms. The fourth-order valence-corrected chi connectivity index (χ4v) is 12.2. The summed E-state index contributed by atoms with van der Waals surface area (Å²) in [6.45, 7) is 22.4. The van der Waals surface area contributed by atoms with Gasteiger partial charge in [-0.3, -0.25) is 14.4 Å². The second-order valence-electron chi connectivity index (χ2n) is 19.6. The highest BCUT2D eigenvalue weighted by Gasteiger charge is 2.74. The normalized spacial score (nSPS) is 41.7. The fourth-order valence-electron chi connectivity index (χ4n) is 12.2. The zero-order valence-corrected chi connectivity index (χ0v) is 33.8. The number of carbonyl (C=O) groups is 3. The van der Waals surface area contributed by atoms with Gasteiger partial charge in [-0.15, -0.1) is 0 Å². The van der Waals surface area contributed by atoms with Crippen LogP contribution in [0.4, 0.5) is 0 Å². The number of ketones is 1. The number of allylic oxidation sites excluding steroid dienone is 1. The first kappa shape index (κ1) is 39.1. The maximum atomic E-state index is 15.1. The smallest absolute Gasteiger partial charge is 0.308 e.